The van der Waals surface area contributed by atoms with E-state index in [2.05, 4.69) is 37.9 Å². The number of fused-ring (bicyclic) bond motifs is 1. The first kappa shape index (κ1) is 16.9. The van der Waals surface area contributed by atoms with Crippen LogP contribution in [0.4, 0.5) is 0 Å². The third-order valence-electron chi connectivity index (χ3n) is 4.38. The van der Waals surface area contributed by atoms with E-state index in [9.17, 15) is 0 Å². The highest BCUT2D eigenvalue weighted by atomic mass is 79.9. The largest absolute Gasteiger partial charge is 0.379 e. The Morgan fingerprint density at radius 3 is 2.72 bits per heavy atom. The van der Waals surface area contributed by atoms with Gasteiger partial charge in [0.1, 0.15) is 4.60 Å². The summed E-state index contributed by atoms with van der Waals surface area (Å²) in [5.74, 6) is 0. The van der Waals surface area contributed by atoms with Gasteiger partial charge >= 0.3 is 0 Å². The second-order valence-electron chi connectivity index (χ2n) is 6.09. The Morgan fingerprint density at radius 1 is 1.12 bits per heavy atom. The SMILES string of the molecule is Clc1ccc2c(CN3CCOCC3)cc(-c3ccc(Br)nc3)nc2c1. The van der Waals surface area contributed by atoms with Gasteiger partial charge in [0, 0.05) is 41.8 Å². The van der Waals surface area contributed by atoms with Crippen LogP contribution in [0.15, 0.2) is 47.2 Å². The van der Waals surface area contributed by atoms with Gasteiger partial charge in [-0.15, -0.1) is 0 Å². The van der Waals surface area contributed by atoms with Crippen LogP contribution in [-0.2, 0) is 11.3 Å². The molecule has 3 heterocycles. The molecule has 2 aromatic heterocycles. The lowest BCUT2D eigenvalue weighted by atomic mass is 10.0. The molecule has 0 atom stereocenters. The standard InChI is InChI=1S/C19H17BrClN3O/c20-19-4-1-13(11-22-19)17-9-14(12-24-5-7-25-8-6-24)16-3-2-15(21)10-18(16)23-17/h1-4,9-11H,5-8,12H2. The molecule has 0 spiro atoms. The normalized spacial score (nSPS) is 15.6. The molecule has 0 bridgehead atoms. The highest BCUT2D eigenvalue weighted by molar-refractivity contribution is 9.10. The van der Waals surface area contributed by atoms with Gasteiger partial charge in [-0.2, -0.15) is 0 Å². The van der Waals surface area contributed by atoms with Crippen LogP contribution in [0.3, 0.4) is 0 Å². The molecular formula is C19H17BrClN3O. The summed E-state index contributed by atoms with van der Waals surface area (Å²) in [6, 6.07) is 12.0. The van der Waals surface area contributed by atoms with Crippen molar-refractivity contribution >= 4 is 38.4 Å². The molecule has 1 aromatic carbocycles. The van der Waals surface area contributed by atoms with Crippen molar-refractivity contribution in [2.75, 3.05) is 26.3 Å². The van der Waals surface area contributed by atoms with Crippen LogP contribution in [0.25, 0.3) is 22.2 Å². The molecule has 6 heteroatoms. The molecule has 1 fully saturated rings. The van der Waals surface area contributed by atoms with Crippen molar-refractivity contribution in [1.82, 2.24) is 14.9 Å². The zero-order chi connectivity index (χ0) is 17.2. The van der Waals surface area contributed by atoms with E-state index >= 15 is 0 Å². The molecule has 0 N–H and O–H groups in total. The van der Waals surface area contributed by atoms with Gasteiger partial charge in [0.25, 0.3) is 0 Å². The molecule has 0 radical (unpaired) electrons. The number of hydrogen-bond donors (Lipinski definition) is 0. The first-order valence-corrected chi connectivity index (χ1v) is 9.37. The third-order valence-corrected chi connectivity index (χ3v) is 5.08. The van der Waals surface area contributed by atoms with Crippen LogP contribution < -0.4 is 0 Å². The lowest BCUT2D eigenvalue weighted by molar-refractivity contribution is 0.0344. The Hall–Kier alpha value is -1.53. The first-order chi connectivity index (χ1) is 12.2. The van der Waals surface area contributed by atoms with E-state index in [0.717, 1.165) is 59.6 Å². The fourth-order valence-corrected chi connectivity index (χ4v) is 3.48. The van der Waals surface area contributed by atoms with Gasteiger partial charge in [0.2, 0.25) is 0 Å². The molecule has 1 saturated heterocycles. The molecule has 0 amide bonds. The van der Waals surface area contributed by atoms with Gasteiger partial charge in [-0.25, -0.2) is 9.97 Å². The van der Waals surface area contributed by atoms with Gasteiger partial charge in [-0.05, 0) is 51.8 Å². The molecule has 0 aliphatic carbocycles. The second kappa shape index (κ2) is 7.38. The molecule has 0 saturated carbocycles. The van der Waals surface area contributed by atoms with Gasteiger partial charge in [-0.1, -0.05) is 17.7 Å². The summed E-state index contributed by atoms with van der Waals surface area (Å²) >= 11 is 9.58. The molecule has 1 aliphatic rings. The molecule has 4 rings (SSSR count). The number of benzene rings is 1. The van der Waals surface area contributed by atoms with Crippen LogP contribution in [0.1, 0.15) is 5.56 Å². The maximum absolute atomic E-state index is 6.20. The van der Waals surface area contributed by atoms with Crippen LogP contribution in [0, 0.1) is 0 Å². The summed E-state index contributed by atoms with van der Waals surface area (Å²) in [5, 5.41) is 1.84. The molecule has 3 aromatic rings. The summed E-state index contributed by atoms with van der Waals surface area (Å²) in [5.41, 5.74) is 4.07. The van der Waals surface area contributed by atoms with Crippen molar-refractivity contribution < 1.29 is 4.74 Å². The van der Waals surface area contributed by atoms with Crippen molar-refractivity contribution in [3.63, 3.8) is 0 Å². The maximum Gasteiger partial charge on any atom is 0.106 e. The van der Waals surface area contributed by atoms with Crippen molar-refractivity contribution in [2.24, 2.45) is 0 Å². The number of pyridine rings is 2. The summed E-state index contributed by atoms with van der Waals surface area (Å²) < 4.78 is 6.27. The van der Waals surface area contributed by atoms with E-state index in [1.807, 2.05) is 30.5 Å². The van der Waals surface area contributed by atoms with E-state index in [1.54, 1.807) is 0 Å². The summed E-state index contributed by atoms with van der Waals surface area (Å²) in [6.45, 7) is 4.36. The molecule has 1 aliphatic heterocycles. The molecule has 0 unspecified atom stereocenters. The number of halogens is 2. The predicted molar refractivity (Wildman–Crippen MR) is 104 cm³/mol. The molecule has 128 valence electrons. The Kier molecular flexibility index (Phi) is 4.99. The minimum Gasteiger partial charge on any atom is -0.379 e. The second-order valence-corrected chi connectivity index (χ2v) is 7.34. The monoisotopic (exact) mass is 417 g/mol. The quantitative estimate of drug-likeness (QED) is 0.585. The molecule has 25 heavy (non-hydrogen) atoms. The van der Waals surface area contributed by atoms with E-state index in [-0.39, 0.29) is 0 Å². The minimum absolute atomic E-state index is 0.698. The molecular weight excluding hydrogens is 402 g/mol. The summed E-state index contributed by atoms with van der Waals surface area (Å²) in [7, 11) is 0. The van der Waals surface area contributed by atoms with E-state index in [1.165, 1.54) is 5.56 Å². The Morgan fingerprint density at radius 2 is 1.96 bits per heavy atom. The van der Waals surface area contributed by atoms with Gasteiger partial charge < -0.3 is 4.74 Å². The number of ether oxygens (including phenoxy) is 1. The van der Waals surface area contributed by atoms with Crippen LogP contribution in [0.5, 0.6) is 0 Å². The fourth-order valence-electron chi connectivity index (χ4n) is 3.08. The van der Waals surface area contributed by atoms with Crippen LogP contribution in [-0.4, -0.2) is 41.2 Å². The van der Waals surface area contributed by atoms with Crippen molar-refractivity contribution in [3.05, 3.63) is 57.8 Å². The topological polar surface area (TPSA) is 38.2 Å². The number of morpholine rings is 1. The van der Waals surface area contributed by atoms with Crippen molar-refractivity contribution in [2.45, 2.75) is 6.54 Å². The Balaban J connectivity index is 1.79. The fraction of sp³-hybridized carbons (Fsp3) is 0.263. The first-order valence-electron chi connectivity index (χ1n) is 8.20. The predicted octanol–water partition coefficient (Wildman–Crippen LogP) is 4.54. The third kappa shape index (κ3) is 3.85. The van der Waals surface area contributed by atoms with Crippen molar-refractivity contribution in [1.29, 1.82) is 0 Å². The minimum atomic E-state index is 0.698. The van der Waals surface area contributed by atoms with Crippen molar-refractivity contribution in [3.8, 4) is 11.3 Å². The van der Waals surface area contributed by atoms with E-state index in [4.69, 9.17) is 21.3 Å². The Labute approximate surface area is 159 Å². The highest BCUT2D eigenvalue weighted by Gasteiger charge is 2.14. The lowest BCUT2D eigenvalue weighted by Gasteiger charge is -2.27. The average molecular weight is 419 g/mol. The van der Waals surface area contributed by atoms with Gasteiger partial charge in [-0.3, -0.25) is 4.90 Å². The van der Waals surface area contributed by atoms with Crippen LogP contribution >= 0.6 is 27.5 Å². The van der Waals surface area contributed by atoms with Gasteiger partial charge in [0.15, 0.2) is 0 Å². The zero-order valence-electron chi connectivity index (χ0n) is 13.6. The van der Waals surface area contributed by atoms with Gasteiger partial charge in [0.05, 0.1) is 24.4 Å². The van der Waals surface area contributed by atoms with E-state index in [0.29, 0.717) is 5.02 Å². The van der Waals surface area contributed by atoms with E-state index < -0.39 is 0 Å². The number of hydrogen-bond acceptors (Lipinski definition) is 4. The number of aromatic nitrogens is 2. The smallest absolute Gasteiger partial charge is 0.106 e. The summed E-state index contributed by atoms with van der Waals surface area (Å²) in [6.07, 6.45) is 1.83. The Bertz CT molecular complexity index is 895. The highest BCUT2D eigenvalue weighted by Crippen LogP contribution is 2.28. The lowest BCUT2D eigenvalue weighted by Crippen LogP contribution is -2.35. The number of nitrogens with zero attached hydrogens (tertiary/aromatic N) is 3. The zero-order valence-corrected chi connectivity index (χ0v) is 15.9. The maximum atomic E-state index is 6.20. The van der Waals surface area contributed by atoms with Crippen LogP contribution in [0.2, 0.25) is 5.02 Å². The number of rotatable bonds is 3. The summed E-state index contributed by atoms with van der Waals surface area (Å²) in [4.78, 5) is 11.5. The average Bonchev–Trinajstić information content (AvgIpc) is 2.62. The molecule has 4 nitrogen and oxygen atoms in total.